The van der Waals surface area contributed by atoms with Gasteiger partial charge in [0.25, 0.3) is 0 Å². The lowest BCUT2D eigenvalue weighted by Gasteiger charge is -2.19. The summed E-state index contributed by atoms with van der Waals surface area (Å²) in [6.07, 6.45) is 4.13. The van der Waals surface area contributed by atoms with Crippen molar-refractivity contribution in [3.8, 4) is 0 Å². The van der Waals surface area contributed by atoms with Gasteiger partial charge in [-0.3, -0.25) is 0 Å². The van der Waals surface area contributed by atoms with Gasteiger partial charge in [0, 0.05) is 12.6 Å². The van der Waals surface area contributed by atoms with Crippen molar-refractivity contribution in [2.24, 2.45) is 0 Å². The maximum atomic E-state index is 5.42. The van der Waals surface area contributed by atoms with Crippen molar-refractivity contribution in [3.05, 3.63) is 54.0 Å². The summed E-state index contributed by atoms with van der Waals surface area (Å²) in [6, 6.07) is 10.7. The number of hydrogen-bond donors (Lipinski definition) is 1. The number of nitrogens with zero attached hydrogens (tertiary/aromatic N) is 2. The van der Waals surface area contributed by atoms with E-state index in [1.807, 2.05) is 6.07 Å². The van der Waals surface area contributed by atoms with Crippen molar-refractivity contribution >= 4 is 16.9 Å². The van der Waals surface area contributed by atoms with Gasteiger partial charge in [0.1, 0.15) is 11.8 Å². The highest BCUT2D eigenvalue weighted by Crippen LogP contribution is 2.22. The van der Waals surface area contributed by atoms with E-state index in [0.717, 1.165) is 24.3 Å². The summed E-state index contributed by atoms with van der Waals surface area (Å²) in [5.41, 5.74) is 4.41. The second kappa shape index (κ2) is 5.79. The maximum Gasteiger partial charge on any atom is 0.194 e. The van der Waals surface area contributed by atoms with Gasteiger partial charge in [-0.05, 0) is 23.0 Å². The average Bonchev–Trinajstić information content (AvgIpc) is 2.96. The van der Waals surface area contributed by atoms with Crippen molar-refractivity contribution < 1.29 is 4.42 Å². The van der Waals surface area contributed by atoms with Gasteiger partial charge in [-0.1, -0.05) is 45.0 Å². The normalized spacial score (nSPS) is 11.8. The highest BCUT2D eigenvalue weighted by Gasteiger charge is 2.12. The second-order valence-electron chi connectivity index (χ2n) is 6.48. The number of hydrogen-bond acceptors (Lipinski definition) is 4. The van der Waals surface area contributed by atoms with Gasteiger partial charge in [-0.25, -0.2) is 9.97 Å². The highest BCUT2D eigenvalue weighted by atomic mass is 16.3. The first-order chi connectivity index (χ1) is 10.5. The number of nitrogens with one attached hydrogen (secondary N) is 1. The van der Waals surface area contributed by atoms with Crippen LogP contribution in [0, 0.1) is 0 Å². The first-order valence-corrected chi connectivity index (χ1v) is 7.55. The van der Waals surface area contributed by atoms with Crippen LogP contribution in [0.4, 0.5) is 5.82 Å². The Hall–Kier alpha value is -2.36. The van der Waals surface area contributed by atoms with E-state index in [4.69, 9.17) is 4.42 Å². The van der Waals surface area contributed by atoms with Gasteiger partial charge in [-0.2, -0.15) is 0 Å². The fraction of sp³-hybridized carbons (Fsp3) is 0.333. The molecule has 2 heterocycles. The van der Waals surface area contributed by atoms with Gasteiger partial charge < -0.3 is 9.73 Å². The molecule has 3 aromatic rings. The van der Waals surface area contributed by atoms with Crippen molar-refractivity contribution in [1.29, 1.82) is 0 Å². The lowest BCUT2D eigenvalue weighted by molar-refractivity contribution is 0.590. The molecule has 0 aliphatic heterocycles. The summed E-state index contributed by atoms with van der Waals surface area (Å²) in [7, 11) is 0. The molecule has 0 atom stereocenters. The van der Waals surface area contributed by atoms with Gasteiger partial charge in [-0.15, -0.1) is 0 Å². The Kier molecular flexibility index (Phi) is 3.84. The largest absolute Gasteiger partial charge is 0.459 e. The zero-order valence-electron chi connectivity index (χ0n) is 13.3. The predicted molar refractivity (Wildman–Crippen MR) is 89.1 cm³/mol. The molecule has 0 fully saturated rings. The molecule has 0 radical (unpaired) electrons. The van der Waals surface area contributed by atoms with Crippen LogP contribution < -0.4 is 5.32 Å². The number of furan rings is 1. The van der Waals surface area contributed by atoms with E-state index in [-0.39, 0.29) is 5.41 Å². The highest BCUT2D eigenvalue weighted by molar-refractivity contribution is 5.82. The van der Waals surface area contributed by atoms with Gasteiger partial charge in [0.05, 0.1) is 6.26 Å². The summed E-state index contributed by atoms with van der Waals surface area (Å²) in [6.45, 7) is 7.50. The topological polar surface area (TPSA) is 51.0 Å². The molecule has 0 aliphatic carbocycles. The lowest BCUT2D eigenvalue weighted by atomic mass is 9.86. The monoisotopic (exact) mass is 295 g/mol. The van der Waals surface area contributed by atoms with Crippen LogP contribution in [0.15, 0.2) is 47.3 Å². The molecule has 0 amide bonds. The minimum Gasteiger partial charge on any atom is -0.459 e. The van der Waals surface area contributed by atoms with Crippen molar-refractivity contribution in [3.63, 3.8) is 0 Å². The van der Waals surface area contributed by atoms with Gasteiger partial charge in [0.15, 0.2) is 11.4 Å². The quantitative estimate of drug-likeness (QED) is 0.784. The maximum absolute atomic E-state index is 5.42. The Morgan fingerprint density at radius 1 is 1.05 bits per heavy atom. The molecule has 4 heteroatoms. The van der Waals surface area contributed by atoms with Crippen LogP contribution in [0.3, 0.4) is 0 Å². The van der Waals surface area contributed by atoms with Crippen LogP contribution in [0.1, 0.15) is 31.9 Å². The van der Waals surface area contributed by atoms with E-state index < -0.39 is 0 Å². The van der Waals surface area contributed by atoms with Crippen LogP contribution >= 0.6 is 0 Å². The Balaban J connectivity index is 1.62. The van der Waals surface area contributed by atoms with Gasteiger partial charge in [0.2, 0.25) is 0 Å². The SMILES string of the molecule is CC(C)(C)c1ccc(CCNc2ncnc3ccoc23)cc1. The standard InChI is InChI=1S/C18H21N3O/c1-18(2,3)14-6-4-13(5-7-14)8-10-19-17-16-15(9-11-22-16)20-12-21-17/h4-7,9,11-12H,8,10H2,1-3H3,(H,19,20,21). The summed E-state index contributed by atoms with van der Waals surface area (Å²) < 4.78 is 5.42. The van der Waals surface area contributed by atoms with E-state index in [0.29, 0.717) is 5.58 Å². The minimum absolute atomic E-state index is 0.197. The van der Waals surface area contributed by atoms with Gasteiger partial charge >= 0.3 is 0 Å². The first kappa shape index (κ1) is 14.6. The lowest BCUT2D eigenvalue weighted by Crippen LogP contribution is -2.11. The molecule has 1 aromatic carbocycles. The Morgan fingerprint density at radius 2 is 1.82 bits per heavy atom. The third-order valence-corrected chi connectivity index (χ3v) is 3.77. The van der Waals surface area contributed by atoms with Crippen molar-refractivity contribution in [1.82, 2.24) is 9.97 Å². The number of aromatic nitrogens is 2. The predicted octanol–water partition coefficient (Wildman–Crippen LogP) is 4.17. The Morgan fingerprint density at radius 3 is 2.55 bits per heavy atom. The molecule has 22 heavy (non-hydrogen) atoms. The van der Waals surface area contributed by atoms with Crippen LogP contribution in [-0.2, 0) is 11.8 Å². The minimum atomic E-state index is 0.197. The van der Waals surface area contributed by atoms with Crippen molar-refractivity contribution in [2.45, 2.75) is 32.6 Å². The molecule has 0 aliphatic rings. The molecule has 0 unspecified atom stereocenters. The third-order valence-electron chi connectivity index (χ3n) is 3.77. The summed E-state index contributed by atoms with van der Waals surface area (Å²) in [5, 5.41) is 3.32. The van der Waals surface area contributed by atoms with E-state index in [1.54, 1.807) is 12.6 Å². The zero-order chi connectivity index (χ0) is 15.6. The van der Waals surface area contributed by atoms with Crippen molar-refractivity contribution in [2.75, 3.05) is 11.9 Å². The summed E-state index contributed by atoms with van der Waals surface area (Å²) in [4.78, 5) is 8.40. The van der Waals surface area contributed by atoms with Crippen LogP contribution in [-0.4, -0.2) is 16.5 Å². The summed E-state index contributed by atoms with van der Waals surface area (Å²) >= 11 is 0. The third kappa shape index (κ3) is 3.11. The molecule has 4 nitrogen and oxygen atoms in total. The zero-order valence-corrected chi connectivity index (χ0v) is 13.3. The van der Waals surface area contributed by atoms with Crippen LogP contribution in [0.5, 0.6) is 0 Å². The number of benzene rings is 1. The fourth-order valence-electron chi connectivity index (χ4n) is 2.41. The van der Waals surface area contributed by atoms with E-state index in [9.17, 15) is 0 Å². The molecule has 0 spiro atoms. The number of rotatable bonds is 4. The molecule has 1 N–H and O–H groups in total. The second-order valence-corrected chi connectivity index (χ2v) is 6.48. The molecule has 2 aromatic heterocycles. The Bertz CT molecular complexity index is 754. The molecule has 3 rings (SSSR count). The van der Waals surface area contributed by atoms with E-state index in [2.05, 4.69) is 60.3 Å². The number of anilines is 1. The average molecular weight is 295 g/mol. The first-order valence-electron chi connectivity index (χ1n) is 7.55. The molecule has 0 saturated heterocycles. The van der Waals surface area contributed by atoms with Crippen LogP contribution in [0.25, 0.3) is 11.1 Å². The van der Waals surface area contributed by atoms with E-state index in [1.165, 1.54) is 11.1 Å². The number of fused-ring (bicyclic) bond motifs is 1. The summed E-state index contributed by atoms with van der Waals surface area (Å²) in [5.74, 6) is 0.751. The van der Waals surface area contributed by atoms with Crippen LogP contribution in [0.2, 0.25) is 0 Å². The molecule has 0 bridgehead atoms. The smallest absolute Gasteiger partial charge is 0.194 e. The molecule has 114 valence electrons. The van der Waals surface area contributed by atoms with E-state index >= 15 is 0 Å². The molecular weight excluding hydrogens is 274 g/mol. The fourth-order valence-corrected chi connectivity index (χ4v) is 2.41. The molecule has 0 saturated carbocycles. The Labute approximate surface area is 130 Å². The molecular formula is C18H21N3O.